The van der Waals surface area contributed by atoms with E-state index in [0.29, 0.717) is 12.5 Å². The molecule has 0 spiro atoms. The molecule has 98 valence electrons. The molecule has 1 heterocycles. The summed E-state index contributed by atoms with van der Waals surface area (Å²) < 4.78 is 11.2. The third kappa shape index (κ3) is 6.49. The van der Waals surface area contributed by atoms with E-state index in [1.807, 2.05) is 12.1 Å². The quantitative estimate of drug-likeness (QED) is 0.826. The fourth-order valence-electron chi connectivity index (χ4n) is 1.34. The molecule has 0 fully saturated rings. The molecule has 0 aromatic carbocycles. The lowest BCUT2D eigenvalue weighted by molar-refractivity contribution is 0.0836. The van der Waals surface area contributed by atoms with Crippen LogP contribution in [0.3, 0.4) is 0 Å². The van der Waals surface area contributed by atoms with E-state index < -0.39 is 0 Å². The number of hydrogen-bond donors (Lipinski definition) is 1. The first-order valence-electron chi connectivity index (χ1n) is 6.27. The third-order valence-corrected chi connectivity index (χ3v) is 2.21. The Labute approximate surface area is 105 Å². The van der Waals surface area contributed by atoms with E-state index in [0.717, 1.165) is 24.7 Å². The standard InChI is InChI=1S/C14H25NO2/c1-11(2)9-16-10-13-7-6-12(17-13)8-15-14(3,4)5/h6-7,11,15H,8-10H2,1-5H3. The Kier molecular flexibility index (Phi) is 5.22. The summed E-state index contributed by atoms with van der Waals surface area (Å²) in [5.41, 5.74) is 0.112. The van der Waals surface area contributed by atoms with Crippen molar-refractivity contribution in [2.24, 2.45) is 5.92 Å². The Morgan fingerprint density at radius 3 is 2.47 bits per heavy atom. The van der Waals surface area contributed by atoms with Gasteiger partial charge < -0.3 is 14.5 Å². The van der Waals surface area contributed by atoms with Crippen LogP contribution in [0.5, 0.6) is 0 Å². The van der Waals surface area contributed by atoms with E-state index in [9.17, 15) is 0 Å². The van der Waals surface area contributed by atoms with Gasteiger partial charge in [-0.3, -0.25) is 0 Å². The highest BCUT2D eigenvalue weighted by molar-refractivity contribution is 5.06. The molecule has 0 saturated heterocycles. The van der Waals surface area contributed by atoms with Gasteiger partial charge in [0.2, 0.25) is 0 Å². The molecule has 0 atom stereocenters. The van der Waals surface area contributed by atoms with Crippen LogP contribution in [0.25, 0.3) is 0 Å². The Balaban J connectivity index is 2.32. The summed E-state index contributed by atoms with van der Waals surface area (Å²) in [6.45, 7) is 12.8. The van der Waals surface area contributed by atoms with Crippen LogP contribution in [-0.4, -0.2) is 12.1 Å². The van der Waals surface area contributed by atoms with Crippen LogP contribution in [-0.2, 0) is 17.9 Å². The molecule has 3 nitrogen and oxygen atoms in total. The summed E-state index contributed by atoms with van der Waals surface area (Å²) in [5.74, 6) is 2.42. The molecule has 0 aliphatic rings. The number of hydrogen-bond acceptors (Lipinski definition) is 3. The summed E-state index contributed by atoms with van der Waals surface area (Å²) in [5, 5.41) is 3.39. The van der Waals surface area contributed by atoms with Gasteiger partial charge in [0.05, 0.1) is 6.54 Å². The van der Waals surface area contributed by atoms with Crippen LogP contribution in [0.1, 0.15) is 46.1 Å². The van der Waals surface area contributed by atoms with Gasteiger partial charge in [-0.15, -0.1) is 0 Å². The molecule has 0 unspecified atom stereocenters. The normalized spacial score (nSPS) is 12.4. The van der Waals surface area contributed by atoms with Crippen molar-refractivity contribution in [1.29, 1.82) is 0 Å². The van der Waals surface area contributed by atoms with E-state index in [1.165, 1.54) is 0 Å². The highest BCUT2D eigenvalue weighted by atomic mass is 16.5. The minimum atomic E-state index is 0.112. The number of ether oxygens (including phenoxy) is 1. The SMILES string of the molecule is CC(C)COCc1ccc(CNC(C)(C)C)o1. The van der Waals surface area contributed by atoms with Crippen LogP contribution >= 0.6 is 0 Å². The fraction of sp³-hybridized carbons (Fsp3) is 0.714. The smallest absolute Gasteiger partial charge is 0.129 e. The van der Waals surface area contributed by atoms with E-state index in [2.05, 4.69) is 39.9 Å². The number of rotatable bonds is 6. The lowest BCUT2D eigenvalue weighted by Gasteiger charge is -2.19. The van der Waals surface area contributed by atoms with Crippen LogP contribution in [0, 0.1) is 5.92 Å². The van der Waals surface area contributed by atoms with Gasteiger partial charge in [0.15, 0.2) is 0 Å². The van der Waals surface area contributed by atoms with Crippen molar-refractivity contribution in [3.63, 3.8) is 0 Å². The van der Waals surface area contributed by atoms with Crippen LogP contribution in [0.2, 0.25) is 0 Å². The van der Waals surface area contributed by atoms with Crippen LogP contribution in [0.4, 0.5) is 0 Å². The lowest BCUT2D eigenvalue weighted by atomic mass is 10.1. The second kappa shape index (κ2) is 6.22. The van der Waals surface area contributed by atoms with Crippen LogP contribution < -0.4 is 5.32 Å². The van der Waals surface area contributed by atoms with Gasteiger partial charge in [-0.1, -0.05) is 13.8 Å². The minimum Gasteiger partial charge on any atom is -0.462 e. The number of nitrogens with one attached hydrogen (secondary N) is 1. The molecule has 0 bridgehead atoms. The van der Waals surface area contributed by atoms with Gasteiger partial charge in [-0.25, -0.2) is 0 Å². The first kappa shape index (κ1) is 14.3. The lowest BCUT2D eigenvalue weighted by Crippen LogP contribution is -2.34. The summed E-state index contributed by atoms with van der Waals surface area (Å²) in [4.78, 5) is 0. The van der Waals surface area contributed by atoms with Crippen molar-refractivity contribution >= 4 is 0 Å². The van der Waals surface area contributed by atoms with Gasteiger partial charge in [0.25, 0.3) is 0 Å². The summed E-state index contributed by atoms with van der Waals surface area (Å²) >= 11 is 0. The maximum atomic E-state index is 5.67. The second-order valence-corrected chi connectivity index (χ2v) is 5.88. The van der Waals surface area contributed by atoms with Gasteiger partial charge in [-0.2, -0.15) is 0 Å². The maximum Gasteiger partial charge on any atom is 0.129 e. The predicted molar refractivity (Wildman–Crippen MR) is 69.8 cm³/mol. The van der Waals surface area contributed by atoms with Crippen molar-refractivity contribution in [3.8, 4) is 0 Å². The second-order valence-electron chi connectivity index (χ2n) is 5.88. The summed E-state index contributed by atoms with van der Waals surface area (Å²) in [6, 6.07) is 3.99. The Bertz CT molecular complexity index is 323. The average molecular weight is 239 g/mol. The van der Waals surface area contributed by atoms with E-state index in [-0.39, 0.29) is 5.54 Å². The highest BCUT2D eigenvalue weighted by Gasteiger charge is 2.10. The average Bonchev–Trinajstić information content (AvgIpc) is 2.61. The van der Waals surface area contributed by atoms with Gasteiger partial charge in [-0.05, 0) is 38.8 Å². The van der Waals surface area contributed by atoms with Crippen LogP contribution in [0.15, 0.2) is 16.5 Å². The Hall–Kier alpha value is -0.800. The summed E-state index contributed by atoms with van der Waals surface area (Å²) in [7, 11) is 0. The fourth-order valence-corrected chi connectivity index (χ4v) is 1.34. The molecule has 0 aliphatic carbocycles. The van der Waals surface area contributed by atoms with Crippen molar-refractivity contribution in [2.45, 2.75) is 53.3 Å². The molecule has 1 aromatic rings. The van der Waals surface area contributed by atoms with Gasteiger partial charge in [0.1, 0.15) is 18.1 Å². The van der Waals surface area contributed by atoms with Crippen molar-refractivity contribution in [3.05, 3.63) is 23.7 Å². The zero-order valence-electron chi connectivity index (χ0n) is 11.7. The topological polar surface area (TPSA) is 34.4 Å². The van der Waals surface area contributed by atoms with Crippen molar-refractivity contribution < 1.29 is 9.15 Å². The largest absolute Gasteiger partial charge is 0.462 e. The minimum absolute atomic E-state index is 0.112. The van der Waals surface area contributed by atoms with E-state index >= 15 is 0 Å². The molecular formula is C14H25NO2. The first-order chi connectivity index (χ1) is 7.87. The zero-order chi connectivity index (χ0) is 12.9. The monoisotopic (exact) mass is 239 g/mol. The Morgan fingerprint density at radius 2 is 1.88 bits per heavy atom. The van der Waals surface area contributed by atoms with Crippen molar-refractivity contribution in [2.75, 3.05) is 6.61 Å². The molecule has 0 radical (unpaired) electrons. The Morgan fingerprint density at radius 1 is 1.24 bits per heavy atom. The predicted octanol–water partition coefficient (Wildman–Crippen LogP) is 3.34. The van der Waals surface area contributed by atoms with E-state index in [1.54, 1.807) is 0 Å². The molecule has 1 aromatic heterocycles. The molecule has 3 heteroatoms. The van der Waals surface area contributed by atoms with Crippen molar-refractivity contribution in [1.82, 2.24) is 5.32 Å². The molecular weight excluding hydrogens is 214 g/mol. The zero-order valence-corrected chi connectivity index (χ0v) is 11.7. The van der Waals surface area contributed by atoms with Gasteiger partial charge >= 0.3 is 0 Å². The highest BCUT2D eigenvalue weighted by Crippen LogP contribution is 2.11. The molecule has 0 saturated carbocycles. The molecule has 17 heavy (non-hydrogen) atoms. The number of furan rings is 1. The van der Waals surface area contributed by atoms with Gasteiger partial charge in [0, 0.05) is 12.1 Å². The molecule has 0 amide bonds. The molecule has 1 N–H and O–H groups in total. The molecule has 1 rings (SSSR count). The molecule has 0 aliphatic heterocycles. The third-order valence-electron chi connectivity index (χ3n) is 2.21. The van der Waals surface area contributed by atoms with E-state index in [4.69, 9.17) is 9.15 Å². The maximum absolute atomic E-state index is 5.67. The first-order valence-corrected chi connectivity index (χ1v) is 6.27. The summed E-state index contributed by atoms with van der Waals surface area (Å²) in [6.07, 6.45) is 0.